The highest BCUT2D eigenvalue weighted by molar-refractivity contribution is 7.89. The number of nitrogens with one attached hydrogen (secondary N) is 2. The zero-order valence-corrected chi connectivity index (χ0v) is 14.7. The summed E-state index contributed by atoms with van der Waals surface area (Å²) in [6.07, 6.45) is 0. The lowest BCUT2D eigenvalue weighted by molar-refractivity contribution is -0.118. The van der Waals surface area contributed by atoms with E-state index in [-0.39, 0.29) is 11.7 Å². The Morgan fingerprint density at radius 3 is 2.52 bits per heavy atom. The van der Waals surface area contributed by atoms with Crippen LogP contribution in [0, 0.1) is 19.8 Å². The summed E-state index contributed by atoms with van der Waals surface area (Å²) in [5.41, 5.74) is 2.94. The number of carbonyl (C=O) groups is 1. The fraction of sp³-hybridized carbons (Fsp3) is 0.562. The maximum absolute atomic E-state index is 12.4. The van der Waals surface area contributed by atoms with E-state index in [0.29, 0.717) is 31.9 Å². The van der Waals surface area contributed by atoms with Crippen molar-refractivity contribution in [2.45, 2.75) is 20.8 Å². The second-order valence-electron chi connectivity index (χ2n) is 6.12. The van der Waals surface area contributed by atoms with E-state index in [1.165, 1.54) is 4.31 Å². The van der Waals surface area contributed by atoms with Crippen LogP contribution in [-0.2, 0) is 14.8 Å². The number of rotatable bonds is 5. The Balaban J connectivity index is 1.97. The molecule has 6 nitrogen and oxygen atoms in total. The fourth-order valence-electron chi connectivity index (χ4n) is 2.50. The highest BCUT2D eigenvalue weighted by atomic mass is 32.2. The molecule has 128 valence electrons. The first-order valence-corrected chi connectivity index (χ1v) is 9.47. The van der Waals surface area contributed by atoms with E-state index in [4.69, 9.17) is 0 Å². The largest absolute Gasteiger partial charge is 0.326 e. The van der Waals surface area contributed by atoms with Crippen LogP contribution in [0.2, 0.25) is 0 Å². The third-order valence-corrected chi connectivity index (χ3v) is 6.23. The zero-order chi connectivity index (χ0) is 17.0. The average molecular weight is 339 g/mol. The van der Waals surface area contributed by atoms with E-state index in [9.17, 15) is 13.2 Å². The number of sulfonamides is 1. The van der Waals surface area contributed by atoms with Gasteiger partial charge in [0.05, 0.1) is 11.7 Å². The van der Waals surface area contributed by atoms with Gasteiger partial charge in [-0.15, -0.1) is 0 Å². The molecule has 0 aromatic heterocycles. The molecule has 7 heteroatoms. The van der Waals surface area contributed by atoms with Crippen LogP contribution < -0.4 is 10.6 Å². The maximum atomic E-state index is 12.4. The van der Waals surface area contributed by atoms with E-state index in [1.54, 1.807) is 6.92 Å². The molecule has 1 unspecified atom stereocenters. The van der Waals surface area contributed by atoms with Gasteiger partial charge in [-0.2, -0.15) is 4.31 Å². The highest BCUT2D eigenvalue weighted by Crippen LogP contribution is 2.16. The standard InChI is InChI=1S/C16H25N3O3S/c1-12-4-5-15(10-13(12)2)18-16(20)14(3)11-23(21,22)19-8-6-17-7-9-19/h4-5,10,14,17H,6-9,11H2,1-3H3,(H,18,20). The van der Waals surface area contributed by atoms with Gasteiger partial charge in [0.25, 0.3) is 0 Å². The molecular weight excluding hydrogens is 314 g/mol. The Labute approximate surface area is 138 Å². The Morgan fingerprint density at radius 2 is 1.91 bits per heavy atom. The number of piperazine rings is 1. The number of nitrogens with zero attached hydrogens (tertiary/aromatic N) is 1. The van der Waals surface area contributed by atoms with Crippen molar-refractivity contribution in [2.75, 3.05) is 37.2 Å². The summed E-state index contributed by atoms with van der Waals surface area (Å²) in [4.78, 5) is 12.3. The molecular formula is C16H25N3O3S. The van der Waals surface area contributed by atoms with Crippen molar-refractivity contribution in [1.82, 2.24) is 9.62 Å². The number of anilines is 1. The topological polar surface area (TPSA) is 78.5 Å². The van der Waals surface area contributed by atoms with Crippen LogP contribution in [0.5, 0.6) is 0 Å². The summed E-state index contributed by atoms with van der Waals surface area (Å²) in [7, 11) is -3.40. The highest BCUT2D eigenvalue weighted by Gasteiger charge is 2.28. The first-order valence-electron chi connectivity index (χ1n) is 7.86. The Bertz CT molecular complexity index is 667. The molecule has 0 spiro atoms. The molecule has 1 atom stereocenters. The SMILES string of the molecule is Cc1ccc(NC(=O)C(C)CS(=O)(=O)N2CCNCC2)cc1C. The van der Waals surface area contributed by atoms with Gasteiger partial charge >= 0.3 is 0 Å². The monoisotopic (exact) mass is 339 g/mol. The van der Waals surface area contributed by atoms with Gasteiger partial charge in [-0.3, -0.25) is 4.79 Å². The Kier molecular flexibility index (Phi) is 5.78. The van der Waals surface area contributed by atoms with Crippen molar-refractivity contribution in [3.8, 4) is 0 Å². The number of amides is 1. The molecule has 0 saturated carbocycles. The van der Waals surface area contributed by atoms with Gasteiger partial charge < -0.3 is 10.6 Å². The molecule has 2 rings (SSSR count). The molecule has 1 aromatic rings. The number of carbonyl (C=O) groups excluding carboxylic acids is 1. The molecule has 0 radical (unpaired) electrons. The summed E-state index contributed by atoms with van der Waals surface area (Å²) in [5, 5.41) is 5.92. The van der Waals surface area contributed by atoms with Crippen LogP contribution in [-0.4, -0.2) is 50.6 Å². The van der Waals surface area contributed by atoms with Crippen molar-refractivity contribution in [3.05, 3.63) is 29.3 Å². The van der Waals surface area contributed by atoms with Gasteiger partial charge in [0.15, 0.2) is 0 Å². The van der Waals surface area contributed by atoms with E-state index in [0.717, 1.165) is 11.1 Å². The second-order valence-corrected chi connectivity index (χ2v) is 8.13. The first kappa shape index (κ1) is 17.9. The lowest BCUT2D eigenvalue weighted by atomic mass is 10.1. The molecule has 1 saturated heterocycles. The Hall–Kier alpha value is -1.44. The van der Waals surface area contributed by atoms with Gasteiger partial charge in [-0.05, 0) is 37.1 Å². The molecule has 1 aliphatic rings. The molecule has 1 amide bonds. The van der Waals surface area contributed by atoms with Crippen molar-refractivity contribution in [2.24, 2.45) is 5.92 Å². The minimum absolute atomic E-state index is 0.163. The maximum Gasteiger partial charge on any atom is 0.228 e. The fourth-order valence-corrected chi connectivity index (χ4v) is 4.24. The van der Waals surface area contributed by atoms with Gasteiger partial charge in [-0.25, -0.2) is 8.42 Å². The molecule has 1 aliphatic heterocycles. The van der Waals surface area contributed by atoms with Gasteiger partial charge in [-0.1, -0.05) is 13.0 Å². The molecule has 0 bridgehead atoms. The van der Waals surface area contributed by atoms with E-state index >= 15 is 0 Å². The number of hydrogen-bond acceptors (Lipinski definition) is 4. The Morgan fingerprint density at radius 1 is 1.26 bits per heavy atom. The number of aryl methyl sites for hydroxylation is 2. The molecule has 23 heavy (non-hydrogen) atoms. The molecule has 1 heterocycles. The van der Waals surface area contributed by atoms with Crippen LogP contribution in [0.3, 0.4) is 0 Å². The van der Waals surface area contributed by atoms with Crippen molar-refractivity contribution < 1.29 is 13.2 Å². The molecule has 1 fully saturated rings. The molecule has 1 aromatic carbocycles. The van der Waals surface area contributed by atoms with Crippen molar-refractivity contribution >= 4 is 21.6 Å². The number of hydrogen-bond donors (Lipinski definition) is 2. The quantitative estimate of drug-likeness (QED) is 0.842. The molecule has 2 N–H and O–H groups in total. The zero-order valence-electron chi connectivity index (χ0n) is 13.9. The van der Waals surface area contributed by atoms with Crippen LogP contribution in [0.1, 0.15) is 18.1 Å². The third-order valence-electron chi connectivity index (χ3n) is 4.15. The van der Waals surface area contributed by atoms with Gasteiger partial charge in [0, 0.05) is 31.9 Å². The lowest BCUT2D eigenvalue weighted by Crippen LogP contribution is -2.48. The van der Waals surface area contributed by atoms with Crippen LogP contribution in [0.25, 0.3) is 0 Å². The summed E-state index contributed by atoms with van der Waals surface area (Å²) in [5.74, 6) is -1.03. The summed E-state index contributed by atoms with van der Waals surface area (Å²) in [6, 6.07) is 5.66. The summed E-state index contributed by atoms with van der Waals surface area (Å²) in [6.45, 7) is 7.87. The van der Waals surface area contributed by atoms with Crippen LogP contribution >= 0.6 is 0 Å². The van der Waals surface area contributed by atoms with E-state index in [1.807, 2.05) is 32.0 Å². The normalized spacial score (nSPS) is 17.7. The smallest absolute Gasteiger partial charge is 0.228 e. The van der Waals surface area contributed by atoms with Crippen LogP contribution in [0.4, 0.5) is 5.69 Å². The summed E-state index contributed by atoms with van der Waals surface area (Å²) < 4.78 is 26.2. The summed E-state index contributed by atoms with van der Waals surface area (Å²) >= 11 is 0. The van der Waals surface area contributed by atoms with Crippen molar-refractivity contribution in [3.63, 3.8) is 0 Å². The van der Waals surface area contributed by atoms with E-state index < -0.39 is 15.9 Å². The van der Waals surface area contributed by atoms with Crippen molar-refractivity contribution in [1.29, 1.82) is 0 Å². The minimum atomic E-state index is -3.40. The lowest BCUT2D eigenvalue weighted by Gasteiger charge is -2.27. The molecule has 0 aliphatic carbocycles. The number of benzene rings is 1. The average Bonchev–Trinajstić information content (AvgIpc) is 2.51. The minimum Gasteiger partial charge on any atom is -0.326 e. The predicted octanol–water partition coefficient (Wildman–Crippen LogP) is 1.11. The predicted molar refractivity (Wildman–Crippen MR) is 91.9 cm³/mol. The van der Waals surface area contributed by atoms with Crippen LogP contribution in [0.15, 0.2) is 18.2 Å². The third kappa shape index (κ3) is 4.76. The van der Waals surface area contributed by atoms with E-state index in [2.05, 4.69) is 10.6 Å². The van der Waals surface area contributed by atoms with Gasteiger partial charge in [0.2, 0.25) is 15.9 Å². The first-order chi connectivity index (χ1) is 10.8. The second kappa shape index (κ2) is 7.42. The van der Waals surface area contributed by atoms with Gasteiger partial charge in [0.1, 0.15) is 0 Å².